The van der Waals surface area contributed by atoms with Gasteiger partial charge in [-0.2, -0.15) is 13.2 Å². The third kappa shape index (κ3) is 7.10. The number of hydrogen-bond acceptors (Lipinski definition) is 4. The molecule has 1 aliphatic rings. The van der Waals surface area contributed by atoms with Crippen LogP contribution in [0.4, 0.5) is 13.2 Å². The second-order valence-electron chi connectivity index (χ2n) is 6.67. The van der Waals surface area contributed by atoms with Gasteiger partial charge in [0.2, 0.25) is 0 Å². The van der Waals surface area contributed by atoms with Gasteiger partial charge in [0.05, 0.1) is 20.3 Å². The Bertz CT molecular complexity index is 647. The number of hydrogen-bond donors (Lipinski definition) is 1. The van der Waals surface area contributed by atoms with Gasteiger partial charge in [0.1, 0.15) is 0 Å². The SMILES string of the molecule is CCNC(=NCc1ccc(OCC(F)(F)F)c(OC)c1)N(C)CC1CCOC1. The molecule has 1 aliphatic heterocycles. The molecule has 28 heavy (non-hydrogen) atoms. The molecule has 1 saturated heterocycles. The number of benzene rings is 1. The quantitative estimate of drug-likeness (QED) is 0.534. The van der Waals surface area contributed by atoms with Crippen molar-refractivity contribution in [2.45, 2.75) is 26.1 Å². The van der Waals surface area contributed by atoms with Crippen molar-refractivity contribution in [3.8, 4) is 11.5 Å². The van der Waals surface area contributed by atoms with E-state index in [-0.39, 0.29) is 11.5 Å². The van der Waals surface area contributed by atoms with E-state index in [0.29, 0.717) is 12.5 Å². The van der Waals surface area contributed by atoms with E-state index < -0.39 is 12.8 Å². The van der Waals surface area contributed by atoms with Gasteiger partial charge in [-0.25, -0.2) is 4.99 Å². The van der Waals surface area contributed by atoms with Crippen molar-refractivity contribution in [3.05, 3.63) is 23.8 Å². The minimum Gasteiger partial charge on any atom is -0.493 e. The first-order valence-corrected chi connectivity index (χ1v) is 9.26. The Morgan fingerprint density at radius 1 is 1.36 bits per heavy atom. The maximum atomic E-state index is 12.4. The Morgan fingerprint density at radius 3 is 2.75 bits per heavy atom. The lowest BCUT2D eigenvalue weighted by Gasteiger charge is -2.24. The monoisotopic (exact) mass is 403 g/mol. The Morgan fingerprint density at radius 2 is 2.14 bits per heavy atom. The predicted molar refractivity (Wildman–Crippen MR) is 101 cm³/mol. The average molecular weight is 403 g/mol. The van der Waals surface area contributed by atoms with Gasteiger partial charge in [-0.15, -0.1) is 0 Å². The van der Waals surface area contributed by atoms with E-state index in [9.17, 15) is 13.2 Å². The van der Waals surface area contributed by atoms with Crippen LogP contribution in [0.1, 0.15) is 18.9 Å². The molecule has 0 amide bonds. The van der Waals surface area contributed by atoms with Crippen LogP contribution in [0.5, 0.6) is 11.5 Å². The molecule has 9 heteroatoms. The van der Waals surface area contributed by atoms with Crippen molar-refractivity contribution in [2.75, 3.05) is 47.1 Å². The van der Waals surface area contributed by atoms with Crippen LogP contribution in [-0.2, 0) is 11.3 Å². The number of nitrogens with zero attached hydrogens (tertiary/aromatic N) is 2. The van der Waals surface area contributed by atoms with Crippen LogP contribution in [0.3, 0.4) is 0 Å². The molecule has 0 aromatic heterocycles. The molecule has 1 fully saturated rings. The smallest absolute Gasteiger partial charge is 0.422 e. The maximum Gasteiger partial charge on any atom is 0.422 e. The van der Waals surface area contributed by atoms with Gasteiger partial charge >= 0.3 is 6.18 Å². The fourth-order valence-electron chi connectivity index (χ4n) is 2.93. The normalized spacial score (nSPS) is 17.5. The zero-order valence-electron chi connectivity index (χ0n) is 16.5. The summed E-state index contributed by atoms with van der Waals surface area (Å²) in [6.07, 6.45) is -3.36. The van der Waals surface area contributed by atoms with Gasteiger partial charge in [0.15, 0.2) is 24.1 Å². The number of halogens is 3. The van der Waals surface area contributed by atoms with Gasteiger partial charge in [-0.05, 0) is 31.0 Å². The Labute approximate surface area is 163 Å². The van der Waals surface area contributed by atoms with Crippen molar-refractivity contribution in [1.82, 2.24) is 10.2 Å². The summed E-state index contributed by atoms with van der Waals surface area (Å²) in [6, 6.07) is 4.80. The number of aliphatic imine (C=N–C) groups is 1. The molecular formula is C19H28F3N3O3. The Hall–Kier alpha value is -2.16. The lowest BCUT2D eigenvalue weighted by atomic mass is 10.1. The average Bonchev–Trinajstić information content (AvgIpc) is 3.15. The zero-order valence-corrected chi connectivity index (χ0v) is 16.5. The highest BCUT2D eigenvalue weighted by molar-refractivity contribution is 5.79. The molecular weight excluding hydrogens is 375 g/mol. The van der Waals surface area contributed by atoms with Crippen molar-refractivity contribution >= 4 is 5.96 Å². The second-order valence-corrected chi connectivity index (χ2v) is 6.67. The molecule has 1 unspecified atom stereocenters. The molecule has 1 N–H and O–H groups in total. The van der Waals surface area contributed by atoms with Gasteiger partial charge in [0, 0.05) is 32.7 Å². The number of rotatable bonds is 8. The summed E-state index contributed by atoms with van der Waals surface area (Å²) in [6.45, 7) is 4.15. The van der Waals surface area contributed by atoms with Gasteiger partial charge in [0.25, 0.3) is 0 Å². The minimum atomic E-state index is -4.40. The fourth-order valence-corrected chi connectivity index (χ4v) is 2.93. The summed E-state index contributed by atoms with van der Waals surface area (Å²) in [5.74, 6) is 1.56. The molecule has 158 valence electrons. The van der Waals surface area contributed by atoms with Crippen molar-refractivity contribution < 1.29 is 27.4 Å². The lowest BCUT2D eigenvalue weighted by Crippen LogP contribution is -2.41. The van der Waals surface area contributed by atoms with Gasteiger partial charge in [-0.3, -0.25) is 0 Å². The molecule has 0 radical (unpaired) electrons. The maximum absolute atomic E-state index is 12.4. The van der Waals surface area contributed by atoms with Crippen LogP contribution >= 0.6 is 0 Å². The summed E-state index contributed by atoms with van der Waals surface area (Å²) in [5, 5.41) is 3.26. The summed E-state index contributed by atoms with van der Waals surface area (Å²) < 4.78 is 52.5. The molecule has 0 aliphatic carbocycles. The molecule has 1 aromatic rings. The topological polar surface area (TPSA) is 55.3 Å². The first-order chi connectivity index (χ1) is 13.3. The highest BCUT2D eigenvalue weighted by atomic mass is 19.4. The third-order valence-electron chi connectivity index (χ3n) is 4.28. The zero-order chi connectivity index (χ0) is 20.6. The van der Waals surface area contributed by atoms with Crippen LogP contribution < -0.4 is 14.8 Å². The molecule has 0 saturated carbocycles. The van der Waals surface area contributed by atoms with Gasteiger partial charge < -0.3 is 24.4 Å². The summed E-state index contributed by atoms with van der Waals surface area (Å²) in [4.78, 5) is 6.70. The molecule has 0 bridgehead atoms. The number of alkyl halides is 3. The highest BCUT2D eigenvalue weighted by Gasteiger charge is 2.29. The first kappa shape index (κ1) is 22.1. The van der Waals surface area contributed by atoms with E-state index in [2.05, 4.69) is 15.2 Å². The molecule has 1 atom stereocenters. The first-order valence-electron chi connectivity index (χ1n) is 9.26. The van der Waals surface area contributed by atoms with Crippen LogP contribution in [0.25, 0.3) is 0 Å². The van der Waals surface area contributed by atoms with Gasteiger partial charge in [-0.1, -0.05) is 6.07 Å². The van der Waals surface area contributed by atoms with E-state index in [1.54, 1.807) is 12.1 Å². The molecule has 6 nitrogen and oxygen atoms in total. The second kappa shape index (κ2) is 10.4. The third-order valence-corrected chi connectivity index (χ3v) is 4.28. The van der Waals surface area contributed by atoms with Crippen molar-refractivity contribution in [3.63, 3.8) is 0 Å². The van der Waals surface area contributed by atoms with E-state index >= 15 is 0 Å². The minimum absolute atomic E-state index is 0.0535. The van der Waals surface area contributed by atoms with Crippen LogP contribution in [0.15, 0.2) is 23.2 Å². The summed E-state index contributed by atoms with van der Waals surface area (Å²) in [5.41, 5.74) is 0.809. The molecule has 2 rings (SSSR count). The number of guanidine groups is 1. The van der Waals surface area contributed by atoms with Crippen LogP contribution in [0.2, 0.25) is 0 Å². The molecule has 1 aromatic carbocycles. The van der Waals surface area contributed by atoms with Crippen LogP contribution in [-0.4, -0.2) is 64.1 Å². The Kier molecular flexibility index (Phi) is 8.22. The fraction of sp³-hybridized carbons (Fsp3) is 0.632. The lowest BCUT2D eigenvalue weighted by molar-refractivity contribution is -0.153. The van der Waals surface area contributed by atoms with E-state index in [4.69, 9.17) is 14.2 Å². The summed E-state index contributed by atoms with van der Waals surface area (Å²) >= 11 is 0. The van der Waals surface area contributed by atoms with Crippen molar-refractivity contribution in [2.24, 2.45) is 10.9 Å². The van der Waals surface area contributed by atoms with Crippen LogP contribution in [0, 0.1) is 5.92 Å². The van der Waals surface area contributed by atoms with Crippen molar-refractivity contribution in [1.29, 1.82) is 0 Å². The number of nitrogens with one attached hydrogen (secondary N) is 1. The number of methoxy groups -OCH3 is 1. The summed E-state index contributed by atoms with van der Waals surface area (Å²) in [7, 11) is 3.37. The number of ether oxygens (including phenoxy) is 3. The molecule has 1 heterocycles. The van der Waals surface area contributed by atoms with E-state index in [0.717, 1.165) is 44.2 Å². The largest absolute Gasteiger partial charge is 0.493 e. The van der Waals surface area contributed by atoms with E-state index in [1.165, 1.54) is 13.2 Å². The molecule has 0 spiro atoms. The standard InChI is InChI=1S/C19H28F3N3O3/c1-4-23-18(25(2)11-15-7-8-27-12-15)24-10-14-5-6-16(17(9-14)26-3)28-13-19(20,21)22/h5-6,9,15H,4,7-8,10-13H2,1-3H3,(H,23,24). The predicted octanol–water partition coefficient (Wildman–Crippen LogP) is 3.07. The van der Waals surface area contributed by atoms with E-state index in [1.807, 2.05) is 14.0 Å². The Balaban J connectivity index is 2.04. The highest BCUT2D eigenvalue weighted by Crippen LogP contribution is 2.30.